The van der Waals surface area contributed by atoms with E-state index >= 15 is 0 Å². The van der Waals surface area contributed by atoms with Crippen LogP contribution >= 0.6 is 0 Å². The molecule has 0 spiro atoms. The number of hydrogen-bond acceptors (Lipinski definition) is 2. The van der Waals surface area contributed by atoms with Gasteiger partial charge in [0, 0.05) is 23.7 Å². The topological polar surface area (TPSA) is 18.5 Å². The fraction of sp³-hybridized carbons (Fsp3) is 0.818. The van der Waals surface area contributed by atoms with Crippen molar-refractivity contribution in [2.75, 3.05) is 14.2 Å². The van der Waals surface area contributed by atoms with Gasteiger partial charge in [-0.15, -0.1) is 0 Å². The first-order valence-electron chi connectivity index (χ1n) is 5.57. The third-order valence-corrected chi connectivity index (χ3v) is 6.20. The fourth-order valence-electron chi connectivity index (χ4n) is 2.91. The van der Waals surface area contributed by atoms with Crippen molar-refractivity contribution in [1.29, 1.82) is 0 Å². The average Bonchev–Trinajstić information content (AvgIpc) is 2.80. The largest absolute Gasteiger partial charge is 0.356 e. The molecular weight excluding hydrogens is 192 g/mol. The highest BCUT2D eigenvalue weighted by Crippen LogP contribution is 2.47. The van der Waals surface area contributed by atoms with Crippen molar-refractivity contribution in [2.45, 2.75) is 30.7 Å². The van der Waals surface area contributed by atoms with Gasteiger partial charge in [0.25, 0.3) is 0 Å². The van der Waals surface area contributed by atoms with Gasteiger partial charge in [-0.25, -0.2) is 0 Å². The summed E-state index contributed by atoms with van der Waals surface area (Å²) in [7, 11) is 3.47. The van der Waals surface area contributed by atoms with Crippen LogP contribution in [0.4, 0.5) is 0 Å². The zero-order chi connectivity index (χ0) is 9.97. The molecule has 80 valence electrons. The molecule has 2 aliphatic rings. The smallest absolute Gasteiger partial charge is 0.153 e. The van der Waals surface area contributed by atoms with Crippen molar-refractivity contribution in [1.82, 2.24) is 0 Å². The minimum absolute atomic E-state index is 0.0109. The van der Waals surface area contributed by atoms with Crippen LogP contribution in [0, 0.1) is 11.8 Å². The van der Waals surface area contributed by atoms with Crippen LogP contribution in [0.15, 0.2) is 12.2 Å². The molecule has 0 aliphatic heterocycles. The second-order valence-corrected chi connectivity index (χ2v) is 6.72. The van der Waals surface area contributed by atoms with Gasteiger partial charge in [0.15, 0.2) is 6.29 Å². The van der Waals surface area contributed by atoms with Crippen LogP contribution < -0.4 is 0 Å². The van der Waals surface area contributed by atoms with E-state index in [0.717, 1.165) is 17.4 Å². The van der Waals surface area contributed by atoms with E-state index in [2.05, 4.69) is 12.2 Å². The van der Waals surface area contributed by atoms with Crippen LogP contribution in [0.5, 0.6) is 0 Å². The first-order chi connectivity index (χ1) is 6.83. The van der Waals surface area contributed by atoms with Crippen molar-refractivity contribution < 1.29 is 9.47 Å². The predicted molar refractivity (Wildman–Crippen MR) is 60.3 cm³/mol. The SMILES string of the molecule is COC(C[SiH2]C1CC2C=CC1C2)OC. The van der Waals surface area contributed by atoms with Gasteiger partial charge in [0.1, 0.15) is 0 Å². The monoisotopic (exact) mass is 212 g/mol. The van der Waals surface area contributed by atoms with Crippen molar-refractivity contribution in [3.8, 4) is 0 Å². The van der Waals surface area contributed by atoms with Crippen LogP contribution in [0.1, 0.15) is 12.8 Å². The average molecular weight is 212 g/mol. The van der Waals surface area contributed by atoms with Crippen molar-refractivity contribution in [3.05, 3.63) is 12.2 Å². The van der Waals surface area contributed by atoms with E-state index in [1.165, 1.54) is 18.9 Å². The minimum Gasteiger partial charge on any atom is -0.356 e. The molecule has 0 radical (unpaired) electrons. The van der Waals surface area contributed by atoms with Crippen LogP contribution in [0.3, 0.4) is 0 Å². The summed E-state index contributed by atoms with van der Waals surface area (Å²) < 4.78 is 10.5. The summed E-state index contributed by atoms with van der Waals surface area (Å²) in [5, 5.41) is 0. The van der Waals surface area contributed by atoms with Crippen molar-refractivity contribution >= 4 is 9.52 Å². The van der Waals surface area contributed by atoms with E-state index < -0.39 is 0 Å². The van der Waals surface area contributed by atoms with Gasteiger partial charge in [-0.2, -0.15) is 0 Å². The number of ether oxygens (including phenoxy) is 2. The molecule has 0 N–H and O–H groups in total. The quantitative estimate of drug-likeness (QED) is 0.391. The molecule has 3 atom stereocenters. The fourth-order valence-corrected chi connectivity index (χ4v) is 5.52. The van der Waals surface area contributed by atoms with Crippen LogP contribution in [0.2, 0.25) is 11.6 Å². The maximum Gasteiger partial charge on any atom is 0.153 e. The predicted octanol–water partition coefficient (Wildman–Crippen LogP) is 1.58. The molecule has 0 aromatic heterocycles. The molecule has 1 saturated carbocycles. The zero-order valence-electron chi connectivity index (χ0n) is 9.11. The number of allylic oxidation sites excluding steroid dienone is 2. The Morgan fingerprint density at radius 3 is 2.57 bits per heavy atom. The van der Waals surface area contributed by atoms with E-state index in [1.54, 1.807) is 14.2 Å². The number of hydrogen-bond donors (Lipinski definition) is 0. The maximum absolute atomic E-state index is 5.23. The second-order valence-electron chi connectivity index (χ2n) is 4.52. The summed E-state index contributed by atoms with van der Waals surface area (Å²) in [5.41, 5.74) is 1.03. The minimum atomic E-state index is -0.0109. The molecule has 2 rings (SSSR count). The molecule has 1 fully saturated rings. The van der Waals surface area contributed by atoms with Crippen molar-refractivity contribution in [2.24, 2.45) is 11.8 Å². The Kier molecular flexibility index (Phi) is 3.41. The van der Waals surface area contributed by atoms with E-state index in [0.29, 0.717) is 0 Å². The zero-order valence-corrected chi connectivity index (χ0v) is 10.5. The lowest BCUT2D eigenvalue weighted by Gasteiger charge is -2.20. The second kappa shape index (κ2) is 4.60. The van der Waals surface area contributed by atoms with Gasteiger partial charge in [0.2, 0.25) is 0 Å². The molecule has 3 unspecified atom stereocenters. The summed E-state index contributed by atoms with van der Waals surface area (Å²) in [4.78, 5) is 0. The van der Waals surface area contributed by atoms with Crippen LogP contribution in [-0.2, 0) is 9.47 Å². The Balaban J connectivity index is 1.74. The first-order valence-corrected chi connectivity index (χ1v) is 7.39. The van der Waals surface area contributed by atoms with Crippen LogP contribution in [-0.4, -0.2) is 30.0 Å². The highest BCUT2D eigenvalue weighted by molar-refractivity contribution is 6.38. The Labute approximate surface area is 88.5 Å². The summed E-state index contributed by atoms with van der Waals surface area (Å²) >= 11 is 0. The molecule has 2 nitrogen and oxygen atoms in total. The van der Waals surface area contributed by atoms with Gasteiger partial charge < -0.3 is 9.47 Å². The first kappa shape index (κ1) is 10.4. The summed E-state index contributed by atoms with van der Waals surface area (Å²) in [5.74, 6) is 1.84. The van der Waals surface area contributed by atoms with Gasteiger partial charge in [-0.3, -0.25) is 0 Å². The lowest BCUT2D eigenvalue weighted by molar-refractivity contribution is -0.0877. The molecule has 3 heteroatoms. The summed E-state index contributed by atoms with van der Waals surface area (Å²) in [6.45, 7) is 0. The summed E-state index contributed by atoms with van der Waals surface area (Å²) in [6.07, 6.45) is 7.81. The maximum atomic E-state index is 5.23. The Morgan fingerprint density at radius 2 is 2.07 bits per heavy atom. The highest BCUT2D eigenvalue weighted by Gasteiger charge is 2.35. The molecule has 14 heavy (non-hydrogen) atoms. The third kappa shape index (κ3) is 2.10. The lowest BCUT2D eigenvalue weighted by Crippen LogP contribution is -2.19. The van der Waals surface area contributed by atoms with Gasteiger partial charge in [0.05, 0.1) is 0 Å². The number of fused-ring (bicyclic) bond motifs is 2. The molecule has 0 aromatic rings. The Bertz CT molecular complexity index is 213. The number of methoxy groups -OCH3 is 2. The summed E-state index contributed by atoms with van der Waals surface area (Å²) in [6, 6.07) is 1.18. The van der Waals surface area contributed by atoms with E-state index in [4.69, 9.17) is 9.47 Å². The lowest BCUT2D eigenvalue weighted by atomic mass is 10.1. The van der Waals surface area contributed by atoms with Gasteiger partial charge >= 0.3 is 0 Å². The third-order valence-electron chi connectivity index (χ3n) is 3.72. The molecule has 0 aromatic carbocycles. The number of rotatable bonds is 5. The normalized spacial score (nSPS) is 35.5. The van der Waals surface area contributed by atoms with E-state index in [1.807, 2.05) is 0 Å². The standard InChI is InChI=1S/C11H20O2Si/c1-12-11(13-2)7-14-10-6-8-3-4-9(10)5-8/h3-4,8-11H,5-7,14H2,1-2H3. The molecule has 0 saturated heterocycles. The van der Waals surface area contributed by atoms with Crippen LogP contribution in [0.25, 0.3) is 0 Å². The highest BCUT2D eigenvalue weighted by atomic mass is 28.2. The Morgan fingerprint density at radius 1 is 1.29 bits per heavy atom. The molecule has 2 aliphatic carbocycles. The Hall–Kier alpha value is -0.123. The van der Waals surface area contributed by atoms with Gasteiger partial charge in [-0.05, 0) is 36.3 Å². The van der Waals surface area contributed by atoms with Gasteiger partial charge in [-0.1, -0.05) is 12.2 Å². The molecular formula is C11H20O2Si. The van der Waals surface area contributed by atoms with E-state index in [9.17, 15) is 0 Å². The molecule has 0 amide bonds. The molecule has 2 bridgehead atoms. The van der Waals surface area contributed by atoms with E-state index in [-0.39, 0.29) is 15.8 Å². The van der Waals surface area contributed by atoms with Crippen molar-refractivity contribution in [3.63, 3.8) is 0 Å². The molecule has 0 heterocycles.